The largest absolute Gasteiger partial charge is 0.492 e. The molecule has 0 atom stereocenters. The third-order valence-corrected chi connectivity index (χ3v) is 2.08. The van der Waals surface area contributed by atoms with Crippen LogP contribution in [0.25, 0.3) is 0 Å². The fourth-order valence-electron chi connectivity index (χ4n) is 1.12. The molecule has 5 nitrogen and oxygen atoms in total. The van der Waals surface area contributed by atoms with Gasteiger partial charge in [-0.3, -0.25) is 0 Å². The smallest absolute Gasteiger partial charge is 0.314 e. The molecule has 0 aliphatic rings. The Morgan fingerprint density at radius 1 is 1.35 bits per heavy atom. The topological polar surface area (TPSA) is 70.6 Å². The minimum absolute atomic E-state index is 0.0769. The SMILES string of the molecule is O=C(NCCO)NCCOc1cccc(Cl)c1. The van der Waals surface area contributed by atoms with E-state index < -0.39 is 0 Å². The van der Waals surface area contributed by atoms with Crippen LogP contribution in [0.4, 0.5) is 4.79 Å². The number of ether oxygens (including phenoxy) is 1. The highest BCUT2D eigenvalue weighted by molar-refractivity contribution is 6.30. The molecule has 0 unspecified atom stereocenters. The number of aliphatic hydroxyl groups is 1. The summed E-state index contributed by atoms with van der Waals surface area (Å²) in [7, 11) is 0. The molecule has 0 radical (unpaired) electrons. The molecule has 94 valence electrons. The normalized spacial score (nSPS) is 9.76. The van der Waals surface area contributed by atoms with Gasteiger partial charge >= 0.3 is 6.03 Å². The predicted octanol–water partition coefficient (Wildman–Crippen LogP) is 1.01. The number of hydrogen-bond donors (Lipinski definition) is 3. The van der Waals surface area contributed by atoms with Gasteiger partial charge in [0.25, 0.3) is 0 Å². The van der Waals surface area contributed by atoms with Crippen molar-refractivity contribution in [3.63, 3.8) is 0 Å². The average Bonchev–Trinajstić information content (AvgIpc) is 2.32. The van der Waals surface area contributed by atoms with Crippen LogP contribution < -0.4 is 15.4 Å². The van der Waals surface area contributed by atoms with Gasteiger partial charge in [0.05, 0.1) is 13.2 Å². The molecule has 0 spiro atoms. The van der Waals surface area contributed by atoms with Gasteiger partial charge in [0.1, 0.15) is 12.4 Å². The van der Waals surface area contributed by atoms with Crippen LogP contribution in [0.3, 0.4) is 0 Å². The molecule has 1 rings (SSSR count). The van der Waals surface area contributed by atoms with Gasteiger partial charge in [0.15, 0.2) is 0 Å². The summed E-state index contributed by atoms with van der Waals surface area (Å²) in [6.07, 6.45) is 0. The Morgan fingerprint density at radius 2 is 2.12 bits per heavy atom. The summed E-state index contributed by atoms with van der Waals surface area (Å²) in [6, 6.07) is 6.72. The van der Waals surface area contributed by atoms with Crippen LogP contribution in [0.15, 0.2) is 24.3 Å². The summed E-state index contributed by atoms with van der Waals surface area (Å²) in [6.45, 7) is 0.893. The Kier molecular flexibility index (Phi) is 6.21. The van der Waals surface area contributed by atoms with E-state index in [0.717, 1.165) is 0 Å². The second-order valence-corrected chi connectivity index (χ2v) is 3.65. The van der Waals surface area contributed by atoms with Crippen LogP contribution >= 0.6 is 11.6 Å². The zero-order valence-corrected chi connectivity index (χ0v) is 10.0. The monoisotopic (exact) mass is 258 g/mol. The number of aliphatic hydroxyl groups excluding tert-OH is 1. The molecule has 0 saturated carbocycles. The molecular formula is C11H15ClN2O3. The maximum Gasteiger partial charge on any atom is 0.314 e. The van der Waals surface area contributed by atoms with Crippen LogP contribution in [0.1, 0.15) is 0 Å². The summed E-state index contributed by atoms with van der Waals surface area (Å²) in [5.74, 6) is 0.662. The van der Waals surface area contributed by atoms with Crippen LogP contribution in [0.2, 0.25) is 5.02 Å². The lowest BCUT2D eigenvalue weighted by atomic mass is 10.3. The second kappa shape index (κ2) is 7.76. The quantitative estimate of drug-likeness (QED) is 0.667. The molecule has 0 aliphatic carbocycles. The van der Waals surface area contributed by atoms with Gasteiger partial charge in [-0.1, -0.05) is 17.7 Å². The highest BCUT2D eigenvalue weighted by Crippen LogP contribution is 2.16. The van der Waals surface area contributed by atoms with E-state index in [0.29, 0.717) is 23.9 Å². The number of urea groups is 1. The number of halogens is 1. The van der Waals surface area contributed by atoms with Crippen molar-refractivity contribution < 1.29 is 14.6 Å². The lowest BCUT2D eigenvalue weighted by Crippen LogP contribution is -2.38. The molecule has 0 heterocycles. The lowest BCUT2D eigenvalue weighted by Gasteiger charge is -2.08. The maximum absolute atomic E-state index is 11.1. The zero-order chi connectivity index (χ0) is 12.5. The summed E-state index contributed by atoms with van der Waals surface area (Å²) in [5.41, 5.74) is 0. The van der Waals surface area contributed by atoms with E-state index in [4.69, 9.17) is 21.4 Å². The van der Waals surface area contributed by atoms with Crippen molar-refractivity contribution in [2.45, 2.75) is 0 Å². The van der Waals surface area contributed by atoms with Gasteiger partial charge in [-0.15, -0.1) is 0 Å². The van der Waals surface area contributed by atoms with Crippen molar-refractivity contribution in [1.29, 1.82) is 0 Å². The van der Waals surface area contributed by atoms with Gasteiger partial charge in [0, 0.05) is 11.6 Å². The zero-order valence-electron chi connectivity index (χ0n) is 9.28. The van der Waals surface area contributed by atoms with Crippen LogP contribution in [-0.2, 0) is 0 Å². The summed E-state index contributed by atoms with van der Waals surface area (Å²) >= 11 is 5.78. The molecule has 2 amide bonds. The molecule has 6 heteroatoms. The van der Waals surface area contributed by atoms with Gasteiger partial charge in [-0.2, -0.15) is 0 Å². The molecule has 0 aliphatic heterocycles. The van der Waals surface area contributed by atoms with Crippen LogP contribution in [0.5, 0.6) is 5.75 Å². The van der Waals surface area contributed by atoms with Gasteiger partial charge < -0.3 is 20.5 Å². The number of benzene rings is 1. The highest BCUT2D eigenvalue weighted by Gasteiger charge is 1.98. The van der Waals surface area contributed by atoms with Crippen LogP contribution in [0, 0.1) is 0 Å². The van der Waals surface area contributed by atoms with E-state index in [9.17, 15) is 4.79 Å². The van der Waals surface area contributed by atoms with Crippen molar-refractivity contribution >= 4 is 17.6 Å². The number of carbonyl (C=O) groups excluding carboxylic acids is 1. The van der Waals surface area contributed by atoms with E-state index in [2.05, 4.69) is 10.6 Å². The molecule has 0 saturated heterocycles. The Balaban J connectivity index is 2.14. The molecule has 1 aromatic rings. The van der Waals surface area contributed by atoms with E-state index >= 15 is 0 Å². The molecular weight excluding hydrogens is 244 g/mol. The van der Waals surface area contributed by atoms with E-state index in [1.54, 1.807) is 24.3 Å². The minimum Gasteiger partial charge on any atom is -0.492 e. The highest BCUT2D eigenvalue weighted by atomic mass is 35.5. The lowest BCUT2D eigenvalue weighted by molar-refractivity contribution is 0.230. The Hall–Kier alpha value is -1.46. The summed E-state index contributed by atoms with van der Waals surface area (Å²) in [4.78, 5) is 11.1. The third kappa shape index (κ3) is 5.99. The van der Waals surface area contributed by atoms with Crippen molar-refractivity contribution in [2.75, 3.05) is 26.3 Å². The standard InChI is InChI=1S/C11H15ClN2O3/c12-9-2-1-3-10(8-9)17-7-5-14-11(16)13-4-6-15/h1-3,8,15H,4-7H2,(H2,13,14,16). The summed E-state index contributed by atoms with van der Waals surface area (Å²) < 4.78 is 5.37. The first-order chi connectivity index (χ1) is 8.22. The van der Waals surface area contributed by atoms with Crippen molar-refractivity contribution in [2.24, 2.45) is 0 Å². The Bertz CT molecular complexity index is 360. The average molecular weight is 259 g/mol. The predicted molar refractivity (Wildman–Crippen MR) is 65.4 cm³/mol. The number of rotatable bonds is 6. The second-order valence-electron chi connectivity index (χ2n) is 3.21. The number of hydrogen-bond acceptors (Lipinski definition) is 3. The summed E-state index contributed by atoms with van der Waals surface area (Å²) in [5, 5.41) is 14.1. The first-order valence-electron chi connectivity index (χ1n) is 5.23. The number of nitrogens with one attached hydrogen (secondary N) is 2. The number of amides is 2. The molecule has 0 aromatic heterocycles. The van der Waals surface area contributed by atoms with E-state index in [-0.39, 0.29) is 19.2 Å². The van der Waals surface area contributed by atoms with Gasteiger partial charge in [0.2, 0.25) is 0 Å². The minimum atomic E-state index is -0.325. The van der Waals surface area contributed by atoms with E-state index in [1.807, 2.05) is 0 Å². The van der Waals surface area contributed by atoms with Gasteiger partial charge in [-0.05, 0) is 18.2 Å². The maximum atomic E-state index is 11.1. The van der Waals surface area contributed by atoms with E-state index in [1.165, 1.54) is 0 Å². The molecule has 0 fully saturated rings. The van der Waals surface area contributed by atoms with Crippen LogP contribution in [-0.4, -0.2) is 37.4 Å². The first-order valence-corrected chi connectivity index (χ1v) is 5.61. The first kappa shape index (κ1) is 13.6. The number of carbonyl (C=O) groups is 1. The fourth-order valence-corrected chi connectivity index (χ4v) is 1.30. The third-order valence-electron chi connectivity index (χ3n) is 1.85. The molecule has 17 heavy (non-hydrogen) atoms. The molecule has 1 aromatic carbocycles. The Labute approximate surface area is 105 Å². The van der Waals surface area contributed by atoms with Crippen molar-refractivity contribution in [3.05, 3.63) is 29.3 Å². The van der Waals surface area contributed by atoms with Gasteiger partial charge in [-0.25, -0.2) is 4.79 Å². The fraction of sp³-hybridized carbons (Fsp3) is 0.364. The Morgan fingerprint density at radius 3 is 2.82 bits per heavy atom. The van der Waals surface area contributed by atoms with Crippen molar-refractivity contribution in [3.8, 4) is 5.75 Å². The van der Waals surface area contributed by atoms with Crippen molar-refractivity contribution in [1.82, 2.24) is 10.6 Å². The molecule has 3 N–H and O–H groups in total. The molecule has 0 bridgehead atoms.